The molecule has 14 heteroatoms. The molecule has 4 saturated heterocycles. The summed E-state index contributed by atoms with van der Waals surface area (Å²) in [6.45, 7) is 4.16. The molecule has 4 fully saturated rings. The number of nitrogens with two attached hydrogens (primary N) is 1. The number of hydrazine groups is 3. The molecule has 8 N–H and O–H groups in total. The van der Waals surface area contributed by atoms with E-state index in [1.165, 1.54) is 6.07 Å². The number of sulfonamides is 1. The lowest BCUT2D eigenvalue weighted by Gasteiger charge is -2.45. The van der Waals surface area contributed by atoms with Gasteiger partial charge in [-0.25, -0.2) is 32.8 Å². The van der Waals surface area contributed by atoms with Crippen molar-refractivity contribution >= 4 is 25.5 Å². The maximum Gasteiger partial charge on any atom is 0.239 e. The summed E-state index contributed by atoms with van der Waals surface area (Å²) >= 11 is 0. The van der Waals surface area contributed by atoms with Gasteiger partial charge in [0.1, 0.15) is 11.1 Å². The normalized spacial score (nSPS) is 24.8. The molecule has 4 aliphatic heterocycles. The quantitative estimate of drug-likeness (QED) is 0.243. The predicted molar refractivity (Wildman–Crippen MR) is 123 cm³/mol. The number of sulfone groups is 1. The first-order valence-electron chi connectivity index (χ1n) is 11.3. The zero-order chi connectivity index (χ0) is 23.3. The summed E-state index contributed by atoms with van der Waals surface area (Å²) in [5, 5.41) is 11.4. The summed E-state index contributed by atoms with van der Waals surface area (Å²) < 4.78 is 52.3. The van der Waals surface area contributed by atoms with Crippen LogP contribution >= 0.6 is 0 Å². The van der Waals surface area contributed by atoms with Crippen molar-refractivity contribution in [2.75, 3.05) is 44.2 Å². The largest absolute Gasteiger partial charge is 0.371 e. The van der Waals surface area contributed by atoms with Crippen LogP contribution in [-0.2, 0) is 19.9 Å². The number of piperidine rings is 2. The third-order valence-corrected chi connectivity index (χ3v) is 10.8. The Morgan fingerprint density at radius 3 is 2.09 bits per heavy atom. The molecular weight excluding hydrogens is 468 g/mol. The molecule has 0 aliphatic carbocycles. The third kappa shape index (κ3) is 4.28. The summed E-state index contributed by atoms with van der Waals surface area (Å²) in [5.74, 6) is 0. The average molecular weight is 501 g/mol. The average Bonchev–Trinajstić information content (AvgIpc) is 3.26. The minimum absolute atomic E-state index is 0.238. The van der Waals surface area contributed by atoms with Gasteiger partial charge in [0, 0.05) is 37.4 Å². The van der Waals surface area contributed by atoms with Gasteiger partial charge >= 0.3 is 0 Å². The highest BCUT2D eigenvalue weighted by Gasteiger charge is 2.41. The highest BCUT2D eigenvalue weighted by Crippen LogP contribution is 2.43. The lowest BCUT2D eigenvalue weighted by Crippen LogP contribution is -2.51. The van der Waals surface area contributed by atoms with Gasteiger partial charge < -0.3 is 15.5 Å². The number of primary sulfonamides is 1. The smallest absolute Gasteiger partial charge is 0.239 e. The van der Waals surface area contributed by atoms with E-state index in [0.29, 0.717) is 16.7 Å². The van der Waals surface area contributed by atoms with Crippen molar-refractivity contribution < 1.29 is 16.8 Å². The minimum atomic E-state index is -4.36. The molecule has 4 heterocycles. The van der Waals surface area contributed by atoms with Crippen molar-refractivity contribution in [2.24, 2.45) is 10.6 Å². The maximum absolute atomic E-state index is 13.3. The van der Waals surface area contributed by atoms with E-state index in [9.17, 15) is 16.8 Å². The van der Waals surface area contributed by atoms with Crippen LogP contribution in [0.5, 0.6) is 0 Å². The molecule has 0 atom stereocenters. The standard InChI is InChI=1S/C19H32N8O4S2/c20-33(30,31)17-15(32(28,29)13-11-22-12-13)2-1-14(16(17)18-23-25-26-24-18)27-9-5-19(6-10-27)3-7-21-8-4-19/h1-2,13,18,21-26H,3-12H2,(H2,20,30,31). The fourth-order valence-electron chi connectivity index (χ4n) is 5.38. The van der Waals surface area contributed by atoms with Gasteiger partial charge in [0.15, 0.2) is 9.84 Å². The second-order valence-corrected chi connectivity index (χ2v) is 13.1. The van der Waals surface area contributed by atoms with Crippen molar-refractivity contribution in [1.29, 1.82) is 0 Å². The van der Waals surface area contributed by atoms with E-state index in [0.717, 1.165) is 51.9 Å². The number of rotatable bonds is 5. The Balaban J connectivity index is 1.58. The van der Waals surface area contributed by atoms with Crippen molar-refractivity contribution in [1.82, 2.24) is 32.6 Å². The van der Waals surface area contributed by atoms with Crippen molar-refractivity contribution in [2.45, 2.75) is 46.9 Å². The Kier molecular flexibility index (Phi) is 6.16. The van der Waals surface area contributed by atoms with E-state index < -0.39 is 31.3 Å². The molecule has 0 radical (unpaired) electrons. The Bertz CT molecular complexity index is 1100. The number of anilines is 1. The zero-order valence-electron chi connectivity index (χ0n) is 18.4. The molecule has 0 unspecified atom stereocenters. The number of hydrogen-bond donors (Lipinski definition) is 7. The molecule has 0 amide bonds. The van der Waals surface area contributed by atoms with Crippen molar-refractivity contribution in [3.8, 4) is 0 Å². The van der Waals surface area contributed by atoms with E-state index in [-0.39, 0.29) is 22.9 Å². The van der Waals surface area contributed by atoms with Crippen LogP contribution in [0, 0.1) is 5.41 Å². The fourth-order valence-corrected chi connectivity index (χ4v) is 8.61. The first-order chi connectivity index (χ1) is 15.7. The number of nitrogens with zero attached hydrogens (tertiary/aromatic N) is 1. The van der Waals surface area contributed by atoms with E-state index >= 15 is 0 Å². The Morgan fingerprint density at radius 2 is 1.55 bits per heavy atom. The van der Waals surface area contributed by atoms with Crippen LogP contribution in [-0.4, -0.2) is 61.4 Å². The lowest BCUT2D eigenvalue weighted by atomic mass is 9.71. The van der Waals surface area contributed by atoms with E-state index in [4.69, 9.17) is 5.14 Å². The summed E-state index contributed by atoms with van der Waals surface area (Å²) in [5.41, 5.74) is 12.5. The summed E-state index contributed by atoms with van der Waals surface area (Å²) in [4.78, 5) is 1.57. The molecule has 12 nitrogen and oxygen atoms in total. The molecule has 5 rings (SSSR count). The monoisotopic (exact) mass is 500 g/mol. The van der Waals surface area contributed by atoms with Crippen LogP contribution in [0.15, 0.2) is 21.9 Å². The van der Waals surface area contributed by atoms with Crippen LogP contribution in [0.3, 0.4) is 0 Å². The second-order valence-electron chi connectivity index (χ2n) is 9.40. The summed E-state index contributed by atoms with van der Waals surface area (Å²) in [7, 11) is -8.24. The van der Waals surface area contributed by atoms with Gasteiger partial charge in [0.05, 0.1) is 10.1 Å². The molecule has 0 aromatic heterocycles. The minimum Gasteiger partial charge on any atom is -0.371 e. The molecule has 0 bridgehead atoms. The Labute approximate surface area is 194 Å². The lowest BCUT2D eigenvalue weighted by molar-refractivity contribution is 0.154. The van der Waals surface area contributed by atoms with Crippen LogP contribution in [0.2, 0.25) is 0 Å². The van der Waals surface area contributed by atoms with E-state index in [2.05, 4.69) is 37.5 Å². The van der Waals surface area contributed by atoms with Gasteiger partial charge in [0.25, 0.3) is 0 Å². The summed E-state index contributed by atoms with van der Waals surface area (Å²) in [6, 6.07) is 3.14. The molecule has 4 aliphatic rings. The van der Waals surface area contributed by atoms with Crippen LogP contribution in [0.25, 0.3) is 0 Å². The van der Waals surface area contributed by atoms with Gasteiger partial charge in [-0.2, -0.15) is 11.1 Å². The first kappa shape index (κ1) is 23.4. The zero-order valence-corrected chi connectivity index (χ0v) is 20.0. The van der Waals surface area contributed by atoms with Crippen LogP contribution < -0.4 is 42.6 Å². The van der Waals surface area contributed by atoms with Crippen molar-refractivity contribution in [3.63, 3.8) is 0 Å². The molecule has 1 spiro atoms. The van der Waals surface area contributed by atoms with Gasteiger partial charge in [-0.05, 0) is 56.3 Å². The third-order valence-electron chi connectivity index (χ3n) is 7.52. The van der Waals surface area contributed by atoms with Gasteiger partial charge in [-0.3, -0.25) is 0 Å². The van der Waals surface area contributed by atoms with Crippen LogP contribution in [0.1, 0.15) is 37.4 Å². The highest BCUT2D eigenvalue weighted by atomic mass is 32.2. The van der Waals surface area contributed by atoms with Crippen molar-refractivity contribution in [3.05, 3.63) is 17.7 Å². The molecule has 1 aromatic carbocycles. The predicted octanol–water partition coefficient (Wildman–Crippen LogP) is -1.83. The topological polar surface area (TPSA) is 170 Å². The fraction of sp³-hybridized carbons (Fsp3) is 0.684. The molecular formula is C19H32N8O4S2. The highest BCUT2D eigenvalue weighted by molar-refractivity contribution is 7.94. The maximum atomic E-state index is 13.3. The Morgan fingerprint density at radius 1 is 0.909 bits per heavy atom. The van der Waals surface area contributed by atoms with Crippen LogP contribution in [0.4, 0.5) is 5.69 Å². The molecule has 1 aromatic rings. The summed E-state index contributed by atoms with van der Waals surface area (Å²) in [6.07, 6.45) is 3.60. The number of hydrogen-bond acceptors (Lipinski definition) is 11. The number of nitrogens with one attached hydrogen (secondary N) is 6. The number of benzene rings is 1. The van der Waals surface area contributed by atoms with Gasteiger partial charge in [0.2, 0.25) is 10.0 Å². The van der Waals surface area contributed by atoms with E-state index in [1.54, 1.807) is 6.07 Å². The van der Waals surface area contributed by atoms with Gasteiger partial charge in [-0.1, -0.05) is 0 Å². The SMILES string of the molecule is NS(=O)(=O)c1c(S(=O)(=O)C2CNC2)ccc(N2CCC3(CCNCC3)CC2)c1C1NNNN1. The second kappa shape index (κ2) is 8.70. The van der Waals surface area contributed by atoms with Gasteiger partial charge in [-0.15, -0.1) is 0 Å². The first-order valence-corrected chi connectivity index (χ1v) is 14.4. The molecule has 0 saturated carbocycles. The van der Waals surface area contributed by atoms with E-state index in [1.807, 2.05) is 0 Å². The molecule has 184 valence electrons. The molecule has 33 heavy (non-hydrogen) atoms. The Hall–Kier alpha value is -1.36.